The highest BCUT2D eigenvalue weighted by Gasteiger charge is 2.30. The van der Waals surface area contributed by atoms with Crippen molar-refractivity contribution in [3.8, 4) is 0 Å². The number of pyridine rings is 1. The van der Waals surface area contributed by atoms with Crippen molar-refractivity contribution < 1.29 is 13.2 Å². The van der Waals surface area contributed by atoms with Gasteiger partial charge in [0.15, 0.2) is 0 Å². The molecule has 1 aliphatic rings. The third-order valence-electron chi connectivity index (χ3n) is 4.17. The van der Waals surface area contributed by atoms with Crippen molar-refractivity contribution >= 4 is 61.4 Å². The van der Waals surface area contributed by atoms with Crippen molar-refractivity contribution in [1.82, 2.24) is 4.98 Å². The molecular formula is C17H11Cl2N3O3S. The van der Waals surface area contributed by atoms with Gasteiger partial charge >= 0.3 is 0 Å². The van der Waals surface area contributed by atoms with E-state index >= 15 is 0 Å². The van der Waals surface area contributed by atoms with Crippen LogP contribution in [-0.4, -0.2) is 26.4 Å². The molecule has 2 aromatic carbocycles. The van der Waals surface area contributed by atoms with Gasteiger partial charge in [-0.25, -0.2) is 13.4 Å². The van der Waals surface area contributed by atoms with E-state index in [0.717, 1.165) is 0 Å². The Balaban J connectivity index is 1.88. The van der Waals surface area contributed by atoms with E-state index in [9.17, 15) is 13.2 Å². The number of halogens is 2. The van der Waals surface area contributed by atoms with Crippen LogP contribution in [0.4, 0.5) is 11.4 Å². The van der Waals surface area contributed by atoms with Gasteiger partial charge < -0.3 is 4.90 Å². The Bertz CT molecular complexity index is 1180. The van der Waals surface area contributed by atoms with Crippen LogP contribution in [0.5, 0.6) is 0 Å². The third kappa shape index (κ3) is 2.59. The number of hydrogen-bond donors (Lipinski definition) is 1. The van der Waals surface area contributed by atoms with Gasteiger partial charge in [-0.3, -0.25) is 9.52 Å². The summed E-state index contributed by atoms with van der Waals surface area (Å²) in [7, 11) is -2.22. The van der Waals surface area contributed by atoms with Crippen LogP contribution in [0.3, 0.4) is 0 Å². The van der Waals surface area contributed by atoms with E-state index in [1.807, 2.05) is 0 Å². The molecule has 132 valence electrons. The molecule has 4 rings (SSSR count). The number of benzene rings is 2. The number of sulfonamides is 1. The fraction of sp³-hybridized carbons (Fsp3) is 0.0588. The highest BCUT2D eigenvalue weighted by atomic mass is 35.5. The molecule has 6 nitrogen and oxygen atoms in total. The van der Waals surface area contributed by atoms with Crippen molar-refractivity contribution in [3.63, 3.8) is 0 Å². The third-order valence-corrected chi connectivity index (χ3v) is 6.00. The van der Waals surface area contributed by atoms with Gasteiger partial charge in [0.1, 0.15) is 5.15 Å². The normalized spacial score (nSPS) is 13.5. The van der Waals surface area contributed by atoms with Crippen LogP contribution in [0.25, 0.3) is 10.9 Å². The standard InChI is InChI=1S/C17H11Cl2N3O3S/c1-22-13-7-6-12(16-15(13)11(17(22)23)8-14(19)20-16)21-26(24,25)10-4-2-9(18)3-5-10/h2-8,21H,1H3. The second-order valence-electron chi connectivity index (χ2n) is 5.77. The Labute approximate surface area is 159 Å². The zero-order valence-corrected chi connectivity index (χ0v) is 15.7. The van der Waals surface area contributed by atoms with Gasteiger partial charge in [0, 0.05) is 17.5 Å². The summed E-state index contributed by atoms with van der Waals surface area (Å²) in [6.45, 7) is 0. The molecule has 0 aliphatic carbocycles. The van der Waals surface area contributed by atoms with Crippen molar-refractivity contribution in [2.24, 2.45) is 0 Å². The van der Waals surface area contributed by atoms with E-state index in [4.69, 9.17) is 23.2 Å². The largest absolute Gasteiger partial charge is 0.311 e. The van der Waals surface area contributed by atoms with Crippen LogP contribution >= 0.6 is 23.2 Å². The highest BCUT2D eigenvalue weighted by Crippen LogP contribution is 2.40. The van der Waals surface area contributed by atoms with E-state index < -0.39 is 10.0 Å². The first-order valence-electron chi connectivity index (χ1n) is 7.47. The SMILES string of the molecule is CN1C(=O)c2cc(Cl)nc3c(NS(=O)(=O)c4ccc(Cl)cc4)ccc1c23. The Kier molecular flexibility index (Phi) is 3.83. The summed E-state index contributed by atoms with van der Waals surface area (Å²) in [6.07, 6.45) is 0. The summed E-state index contributed by atoms with van der Waals surface area (Å²) in [5, 5.41) is 1.11. The molecule has 0 fully saturated rings. The summed E-state index contributed by atoms with van der Waals surface area (Å²) in [5.41, 5.74) is 1.61. The van der Waals surface area contributed by atoms with Crippen molar-refractivity contribution in [1.29, 1.82) is 0 Å². The molecule has 26 heavy (non-hydrogen) atoms. The predicted octanol–water partition coefficient (Wildman–Crippen LogP) is 3.93. The Morgan fingerprint density at radius 1 is 1.08 bits per heavy atom. The van der Waals surface area contributed by atoms with E-state index in [1.54, 1.807) is 19.2 Å². The number of anilines is 2. The fourth-order valence-corrected chi connectivity index (χ4v) is 4.32. The second-order valence-corrected chi connectivity index (χ2v) is 8.28. The first-order valence-corrected chi connectivity index (χ1v) is 9.71. The number of carbonyl (C=O) groups excluding carboxylic acids is 1. The number of carbonyl (C=O) groups is 1. The number of nitrogens with one attached hydrogen (secondary N) is 1. The van der Waals surface area contributed by atoms with Gasteiger partial charge in [-0.05, 0) is 42.5 Å². The molecule has 0 radical (unpaired) electrons. The minimum Gasteiger partial charge on any atom is -0.311 e. The van der Waals surface area contributed by atoms with E-state index in [-0.39, 0.29) is 21.6 Å². The summed E-state index contributed by atoms with van der Waals surface area (Å²) in [5.74, 6) is -0.216. The summed E-state index contributed by atoms with van der Waals surface area (Å²) in [4.78, 5) is 18.1. The summed E-state index contributed by atoms with van der Waals surface area (Å²) >= 11 is 11.9. The number of rotatable bonds is 3. The maximum atomic E-state index is 12.7. The Morgan fingerprint density at radius 2 is 1.77 bits per heavy atom. The lowest BCUT2D eigenvalue weighted by molar-refractivity contribution is 0.0999. The smallest absolute Gasteiger partial charge is 0.261 e. The topological polar surface area (TPSA) is 79.4 Å². The lowest BCUT2D eigenvalue weighted by Gasteiger charge is -2.13. The molecule has 0 unspecified atom stereocenters. The van der Waals surface area contributed by atoms with Crippen molar-refractivity contribution in [2.45, 2.75) is 4.90 Å². The first-order chi connectivity index (χ1) is 12.3. The van der Waals surface area contributed by atoms with Gasteiger partial charge in [-0.2, -0.15) is 0 Å². The molecule has 0 saturated heterocycles. The van der Waals surface area contributed by atoms with Crippen LogP contribution in [0.15, 0.2) is 47.4 Å². The van der Waals surface area contributed by atoms with E-state index in [0.29, 0.717) is 27.2 Å². The van der Waals surface area contributed by atoms with Gasteiger partial charge in [-0.1, -0.05) is 23.2 Å². The molecule has 2 heterocycles. The first kappa shape index (κ1) is 17.1. The molecular weight excluding hydrogens is 397 g/mol. The maximum Gasteiger partial charge on any atom is 0.261 e. The van der Waals surface area contributed by atoms with Crippen LogP contribution < -0.4 is 9.62 Å². The summed E-state index contributed by atoms with van der Waals surface area (Å²) < 4.78 is 27.8. The number of hydrogen-bond acceptors (Lipinski definition) is 4. The molecule has 1 aliphatic heterocycles. The van der Waals surface area contributed by atoms with E-state index in [1.165, 1.54) is 35.2 Å². The number of amides is 1. The predicted molar refractivity (Wildman–Crippen MR) is 102 cm³/mol. The minimum atomic E-state index is -3.86. The van der Waals surface area contributed by atoms with E-state index in [2.05, 4.69) is 9.71 Å². The van der Waals surface area contributed by atoms with Gasteiger partial charge in [0.2, 0.25) is 0 Å². The summed E-state index contributed by atoms with van der Waals surface area (Å²) in [6, 6.07) is 10.5. The molecule has 0 saturated carbocycles. The second kappa shape index (κ2) is 5.84. The Morgan fingerprint density at radius 3 is 2.46 bits per heavy atom. The zero-order valence-electron chi connectivity index (χ0n) is 13.3. The highest BCUT2D eigenvalue weighted by molar-refractivity contribution is 7.92. The van der Waals surface area contributed by atoms with Crippen molar-refractivity contribution in [3.05, 3.63) is 58.2 Å². The minimum absolute atomic E-state index is 0.0597. The molecule has 1 aromatic heterocycles. The lowest BCUT2D eigenvalue weighted by Crippen LogP contribution is -2.20. The van der Waals surface area contributed by atoms with Crippen molar-refractivity contribution in [2.75, 3.05) is 16.7 Å². The average molecular weight is 408 g/mol. The molecule has 0 atom stereocenters. The number of nitrogens with zero attached hydrogens (tertiary/aromatic N) is 2. The maximum absolute atomic E-state index is 12.7. The molecule has 0 spiro atoms. The Hall–Kier alpha value is -2.35. The van der Waals surface area contributed by atoms with Crippen LogP contribution in [0.1, 0.15) is 10.4 Å². The molecule has 1 N–H and O–H groups in total. The molecule has 3 aromatic rings. The molecule has 1 amide bonds. The number of aromatic nitrogens is 1. The fourth-order valence-electron chi connectivity index (χ4n) is 2.93. The van der Waals surface area contributed by atoms with Gasteiger partial charge in [0.25, 0.3) is 15.9 Å². The quantitative estimate of drug-likeness (QED) is 0.666. The monoisotopic (exact) mass is 407 g/mol. The lowest BCUT2D eigenvalue weighted by atomic mass is 10.1. The van der Waals surface area contributed by atoms with Crippen LogP contribution in [0, 0.1) is 0 Å². The molecule has 9 heteroatoms. The van der Waals surface area contributed by atoms with Gasteiger partial charge in [0.05, 0.1) is 27.4 Å². The molecule has 0 bridgehead atoms. The van der Waals surface area contributed by atoms with Crippen LogP contribution in [0.2, 0.25) is 10.2 Å². The average Bonchev–Trinajstić information content (AvgIpc) is 2.83. The zero-order chi connectivity index (χ0) is 18.6. The van der Waals surface area contributed by atoms with Gasteiger partial charge in [-0.15, -0.1) is 0 Å². The van der Waals surface area contributed by atoms with Crippen LogP contribution in [-0.2, 0) is 10.0 Å².